The molecule has 0 saturated heterocycles. The number of fused-ring (bicyclic) bond motifs is 3. The molecule has 0 aliphatic heterocycles. The Balaban J connectivity index is 1.61. The molecule has 1 aromatic heterocycles. The number of nitrogens with one attached hydrogen (secondary N) is 1. The smallest absolute Gasteiger partial charge is 0.338 e. The fourth-order valence-electron chi connectivity index (χ4n) is 2.68. The monoisotopic (exact) mass is 302 g/mol. The van der Waals surface area contributed by atoms with Crippen LogP contribution in [0.25, 0.3) is 21.7 Å². The van der Waals surface area contributed by atoms with Crippen LogP contribution in [0.1, 0.15) is 15.9 Å². The molecule has 0 bridgehead atoms. The maximum atomic E-state index is 12.2. The predicted molar refractivity (Wildman–Crippen MR) is 89.2 cm³/mol. The van der Waals surface area contributed by atoms with E-state index in [4.69, 9.17) is 4.74 Å². The van der Waals surface area contributed by atoms with E-state index in [-0.39, 0.29) is 12.6 Å². The largest absolute Gasteiger partial charge is 0.457 e. The summed E-state index contributed by atoms with van der Waals surface area (Å²) in [5.41, 5.74) is 2.50. The number of ether oxygens (including phenoxy) is 1. The molecular formula is C19H14N2O2. The summed E-state index contributed by atoms with van der Waals surface area (Å²) in [5.74, 6) is -0.319. The summed E-state index contributed by atoms with van der Waals surface area (Å²) in [7, 11) is 0. The molecule has 0 radical (unpaired) electrons. The topological polar surface area (TPSA) is 55.0 Å². The van der Waals surface area contributed by atoms with Gasteiger partial charge >= 0.3 is 5.97 Å². The zero-order valence-electron chi connectivity index (χ0n) is 12.3. The van der Waals surface area contributed by atoms with E-state index in [0.29, 0.717) is 5.56 Å². The number of carbonyl (C=O) groups excluding carboxylic acids is 1. The number of aromatic amines is 1. The lowest BCUT2D eigenvalue weighted by Crippen LogP contribution is -2.05. The van der Waals surface area contributed by atoms with Gasteiger partial charge in [-0.1, -0.05) is 48.5 Å². The van der Waals surface area contributed by atoms with Gasteiger partial charge in [-0.3, -0.25) is 5.10 Å². The third-order valence-corrected chi connectivity index (χ3v) is 3.88. The van der Waals surface area contributed by atoms with Crippen molar-refractivity contribution >= 4 is 27.6 Å². The van der Waals surface area contributed by atoms with Crippen molar-refractivity contribution in [2.24, 2.45) is 0 Å². The number of esters is 1. The summed E-state index contributed by atoms with van der Waals surface area (Å²) in [6, 6.07) is 19.2. The second-order valence-electron chi connectivity index (χ2n) is 5.40. The van der Waals surface area contributed by atoms with Gasteiger partial charge in [0.25, 0.3) is 0 Å². The molecule has 1 N–H and O–H groups in total. The molecule has 0 unspecified atom stereocenters. The first-order chi connectivity index (χ1) is 11.3. The molecule has 0 aliphatic rings. The quantitative estimate of drug-likeness (QED) is 0.580. The van der Waals surface area contributed by atoms with E-state index in [1.54, 1.807) is 12.3 Å². The van der Waals surface area contributed by atoms with Crippen molar-refractivity contribution in [3.8, 4) is 0 Å². The number of carbonyl (C=O) groups is 1. The average molecular weight is 302 g/mol. The third kappa shape index (κ3) is 2.55. The van der Waals surface area contributed by atoms with E-state index in [0.717, 1.165) is 27.2 Å². The molecule has 4 heteroatoms. The minimum Gasteiger partial charge on any atom is -0.457 e. The molecule has 4 aromatic rings. The van der Waals surface area contributed by atoms with Gasteiger partial charge in [0.05, 0.1) is 17.3 Å². The van der Waals surface area contributed by atoms with Crippen molar-refractivity contribution in [3.05, 3.63) is 78.0 Å². The van der Waals surface area contributed by atoms with Gasteiger partial charge in [-0.25, -0.2) is 4.79 Å². The SMILES string of the molecule is O=C(OCc1ccccc1)c1ccc2c(ccc3cn[nH]c32)c1. The molecule has 1 heterocycles. The first-order valence-corrected chi connectivity index (χ1v) is 7.38. The van der Waals surface area contributed by atoms with Crippen LogP contribution in [0.3, 0.4) is 0 Å². The third-order valence-electron chi connectivity index (χ3n) is 3.88. The zero-order valence-corrected chi connectivity index (χ0v) is 12.3. The van der Waals surface area contributed by atoms with Crippen LogP contribution in [0, 0.1) is 0 Å². The second-order valence-corrected chi connectivity index (χ2v) is 5.40. The van der Waals surface area contributed by atoms with E-state index < -0.39 is 0 Å². The van der Waals surface area contributed by atoms with Gasteiger partial charge in [-0.2, -0.15) is 5.10 Å². The highest BCUT2D eigenvalue weighted by molar-refractivity contribution is 6.07. The lowest BCUT2D eigenvalue weighted by Gasteiger charge is -2.06. The van der Waals surface area contributed by atoms with Crippen LogP contribution < -0.4 is 0 Å². The predicted octanol–water partition coefficient (Wildman–Crippen LogP) is 4.07. The fraction of sp³-hybridized carbons (Fsp3) is 0.0526. The summed E-state index contributed by atoms with van der Waals surface area (Å²) in [6.07, 6.45) is 1.79. The van der Waals surface area contributed by atoms with Crippen LogP contribution >= 0.6 is 0 Å². The lowest BCUT2D eigenvalue weighted by molar-refractivity contribution is 0.0473. The van der Waals surface area contributed by atoms with Gasteiger partial charge < -0.3 is 4.74 Å². The summed E-state index contributed by atoms with van der Waals surface area (Å²) in [5, 5.41) is 10.1. The minimum absolute atomic E-state index is 0.275. The molecule has 0 spiro atoms. The minimum atomic E-state index is -0.319. The van der Waals surface area contributed by atoms with Crippen LogP contribution in [-0.2, 0) is 11.3 Å². The number of nitrogens with zero attached hydrogens (tertiary/aromatic N) is 1. The van der Waals surface area contributed by atoms with Crippen molar-refractivity contribution in [3.63, 3.8) is 0 Å². The van der Waals surface area contributed by atoms with Gasteiger partial charge in [0.1, 0.15) is 6.61 Å². The summed E-state index contributed by atoms with van der Waals surface area (Å²) in [4.78, 5) is 12.2. The summed E-state index contributed by atoms with van der Waals surface area (Å²) in [6.45, 7) is 0.275. The van der Waals surface area contributed by atoms with Crippen LogP contribution in [0.5, 0.6) is 0 Å². The Kier molecular flexibility index (Phi) is 3.27. The average Bonchev–Trinajstić information content (AvgIpc) is 3.09. The van der Waals surface area contributed by atoms with Crippen molar-refractivity contribution in [2.45, 2.75) is 6.61 Å². The molecule has 4 nitrogen and oxygen atoms in total. The van der Waals surface area contributed by atoms with Crippen LogP contribution in [0.2, 0.25) is 0 Å². The number of hydrogen-bond donors (Lipinski definition) is 1. The number of aromatic nitrogens is 2. The van der Waals surface area contributed by atoms with Gasteiger partial charge in [-0.15, -0.1) is 0 Å². The first-order valence-electron chi connectivity index (χ1n) is 7.38. The lowest BCUT2D eigenvalue weighted by atomic mass is 10.0. The Morgan fingerprint density at radius 1 is 1.00 bits per heavy atom. The van der Waals surface area contributed by atoms with Gasteiger partial charge in [0.15, 0.2) is 0 Å². The molecule has 3 aromatic carbocycles. The van der Waals surface area contributed by atoms with Crippen molar-refractivity contribution in [1.82, 2.24) is 10.2 Å². The van der Waals surface area contributed by atoms with Crippen molar-refractivity contribution in [1.29, 1.82) is 0 Å². The molecule has 0 fully saturated rings. The fourth-order valence-corrected chi connectivity index (χ4v) is 2.68. The Labute approximate surface area is 132 Å². The number of H-pyrrole nitrogens is 1. The molecule has 4 rings (SSSR count). The molecule has 0 atom stereocenters. The zero-order chi connectivity index (χ0) is 15.6. The number of benzene rings is 3. The summed E-state index contributed by atoms with van der Waals surface area (Å²) >= 11 is 0. The van der Waals surface area contributed by atoms with Crippen molar-refractivity contribution in [2.75, 3.05) is 0 Å². The Morgan fingerprint density at radius 3 is 2.70 bits per heavy atom. The number of hydrogen-bond acceptors (Lipinski definition) is 3. The molecule has 23 heavy (non-hydrogen) atoms. The Bertz CT molecular complexity index is 990. The normalized spacial score (nSPS) is 11.0. The molecular weight excluding hydrogens is 288 g/mol. The standard InChI is InChI=1S/C19H14N2O2/c22-19(23-12-13-4-2-1-3-5-13)15-8-9-17-14(10-15)6-7-16-11-20-21-18(16)17/h1-11H,12H2,(H,20,21). The first kappa shape index (κ1) is 13.5. The Morgan fingerprint density at radius 2 is 1.83 bits per heavy atom. The molecule has 112 valence electrons. The van der Waals surface area contributed by atoms with E-state index in [9.17, 15) is 4.79 Å². The van der Waals surface area contributed by atoms with E-state index >= 15 is 0 Å². The van der Waals surface area contributed by atoms with E-state index in [2.05, 4.69) is 10.2 Å². The maximum absolute atomic E-state index is 12.2. The molecule has 0 aliphatic carbocycles. The van der Waals surface area contributed by atoms with Gasteiger partial charge in [-0.05, 0) is 23.1 Å². The van der Waals surface area contributed by atoms with E-state index in [1.807, 2.05) is 54.6 Å². The molecule has 0 saturated carbocycles. The molecule has 0 amide bonds. The van der Waals surface area contributed by atoms with Gasteiger partial charge in [0, 0.05) is 10.8 Å². The number of rotatable bonds is 3. The van der Waals surface area contributed by atoms with E-state index in [1.165, 1.54) is 0 Å². The summed E-state index contributed by atoms with van der Waals surface area (Å²) < 4.78 is 5.38. The van der Waals surface area contributed by atoms with Crippen molar-refractivity contribution < 1.29 is 9.53 Å². The van der Waals surface area contributed by atoms with Crippen LogP contribution in [-0.4, -0.2) is 16.2 Å². The highest BCUT2D eigenvalue weighted by atomic mass is 16.5. The highest BCUT2D eigenvalue weighted by Gasteiger charge is 2.10. The Hall–Kier alpha value is -3.14. The maximum Gasteiger partial charge on any atom is 0.338 e. The van der Waals surface area contributed by atoms with Gasteiger partial charge in [0.2, 0.25) is 0 Å². The highest BCUT2D eigenvalue weighted by Crippen LogP contribution is 2.24. The second kappa shape index (κ2) is 5.57. The van der Waals surface area contributed by atoms with Crippen LogP contribution in [0.15, 0.2) is 66.9 Å². The van der Waals surface area contributed by atoms with Crippen LogP contribution in [0.4, 0.5) is 0 Å².